The minimum absolute atomic E-state index is 0.377. The lowest BCUT2D eigenvalue weighted by atomic mass is 9.98. The second-order valence-electron chi connectivity index (χ2n) is 5.31. The molecule has 3 N–H and O–H groups in total. The first-order chi connectivity index (χ1) is 8.26. The van der Waals surface area contributed by atoms with Crippen LogP contribution in [0.25, 0.3) is 0 Å². The summed E-state index contributed by atoms with van der Waals surface area (Å²) in [6, 6.07) is 0. The molecule has 2 rings (SSSR count). The Morgan fingerprint density at radius 2 is 1.41 bits per heavy atom. The molecule has 0 atom stereocenters. The van der Waals surface area contributed by atoms with Crippen LogP contribution in [0, 0.1) is 11.8 Å². The predicted molar refractivity (Wildman–Crippen MR) is 70.0 cm³/mol. The van der Waals surface area contributed by atoms with Crippen LogP contribution in [0.3, 0.4) is 0 Å². The lowest BCUT2D eigenvalue weighted by molar-refractivity contribution is 0.148. The summed E-state index contributed by atoms with van der Waals surface area (Å²) in [5.41, 5.74) is 0. The highest BCUT2D eigenvalue weighted by Crippen LogP contribution is 2.14. The summed E-state index contributed by atoms with van der Waals surface area (Å²) in [6.07, 6.45) is 4.65. The van der Waals surface area contributed by atoms with Gasteiger partial charge in [0.25, 0.3) is 0 Å². The van der Waals surface area contributed by atoms with Gasteiger partial charge in [0, 0.05) is 13.2 Å². The first-order valence-electron chi connectivity index (χ1n) is 6.87. The standard InChI is InChI=1S/C7H15NO.C6H13NO/c1-8-4-2-7(6-9)3-5-8;8-5-6-1-3-7-4-2-6/h7,9H,2-6H2,1H3;6-8H,1-5H2. The zero-order chi connectivity index (χ0) is 12.5. The Bertz CT molecular complexity index is 176. The summed E-state index contributed by atoms with van der Waals surface area (Å²) in [4.78, 5) is 2.31. The Morgan fingerprint density at radius 3 is 1.82 bits per heavy atom. The topological polar surface area (TPSA) is 55.7 Å². The summed E-state index contributed by atoms with van der Waals surface area (Å²) in [5.74, 6) is 1.16. The number of hydrogen-bond donors (Lipinski definition) is 3. The molecule has 0 aromatic rings. The van der Waals surface area contributed by atoms with Crippen LogP contribution in [0.1, 0.15) is 25.7 Å². The number of aliphatic hydroxyl groups is 2. The van der Waals surface area contributed by atoms with Crippen molar-refractivity contribution in [1.82, 2.24) is 10.2 Å². The Morgan fingerprint density at radius 1 is 0.941 bits per heavy atom. The van der Waals surface area contributed by atoms with E-state index in [2.05, 4.69) is 17.3 Å². The van der Waals surface area contributed by atoms with Crippen molar-refractivity contribution in [3.8, 4) is 0 Å². The Labute approximate surface area is 105 Å². The monoisotopic (exact) mass is 244 g/mol. The highest BCUT2D eigenvalue weighted by atomic mass is 16.3. The van der Waals surface area contributed by atoms with E-state index in [1.54, 1.807) is 0 Å². The third kappa shape index (κ3) is 6.36. The molecule has 17 heavy (non-hydrogen) atoms. The van der Waals surface area contributed by atoms with Crippen LogP contribution in [0.4, 0.5) is 0 Å². The van der Waals surface area contributed by atoms with Crippen LogP contribution in [0.15, 0.2) is 0 Å². The van der Waals surface area contributed by atoms with Crippen molar-refractivity contribution in [2.45, 2.75) is 25.7 Å². The van der Waals surface area contributed by atoms with E-state index in [-0.39, 0.29) is 0 Å². The molecule has 2 saturated heterocycles. The summed E-state index contributed by atoms with van der Waals surface area (Å²) >= 11 is 0. The first kappa shape index (κ1) is 14.9. The zero-order valence-electron chi connectivity index (χ0n) is 11.1. The van der Waals surface area contributed by atoms with Crippen LogP contribution >= 0.6 is 0 Å². The summed E-state index contributed by atoms with van der Waals surface area (Å²) in [5, 5.41) is 20.7. The molecule has 0 bridgehead atoms. The molecular formula is C13H28N2O2. The Balaban J connectivity index is 0.000000171. The maximum Gasteiger partial charge on any atom is 0.0460 e. The predicted octanol–water partition coefficient (Wildman–Crippen LogP) is 0.299. The molecule has 0 aromatic heterocycles. The molecule has 0 amide bonds. The lowest BCUT2D eigenvalue weighted by Crippen LogP contribution is -2.31. The minimum atomic E-state index is 0.377. The molecule has 0 saturated carbocycles. The van der Waals surface area contributed by atoms with Crippen molar-refractivity contribution < 1.29 is 10.2 Å². The molecule has 0 aliphatic carbocycles. The maximum atomic E-state index is 8.76. The zero-order valence-corrected chi connectivity index (χ0v) is 11.1. The van der Waals surface area contributed by atoms with Gasteiger partial charge in [0.15, 0.2) is 0 Å². The first-order valence-corrected chi connectivity index (χ1v) is 6.87. The molecule has 2 aliphatic rings. The van der Waals surface area contributed by atoms with E-state index in [1.807, 2.05) is 0 Å². The SMILES string of the molecule is CN1CCC(CO)CC1.OCC1CCNCC1. The van der Waals surface area contributed by atoms with Crippen LogP contribution < -0.4 is 5.32 Å². The number of aliphatic hydroxyl groups excluding tert-OH is 2. The van der Waals surface area contributed by atoms with Gasteiger partial charge in [-0.25, -0.2) is 0 Å². The van der Waals surface area contributed by atoms with Gasteiger partial charge in [-0.05, 0) is 70.7 Å². The van der Waals surface area contributed by atoms with Gasteiger partial charge in [0.05, 0.1) is 0 Å². The van der Waals surface area contributed by atoms with Crippen LogP contribution in [-0.2, 0) is 0 Å². The molecule has 0 aromatic carbocycles. The molecule has 2 aliphatic heterocycles. The molecule has 2 heterocycles. The van der Waals surface area contributed by atoms with Crippen molar-refractivity contribution in [1.29, 1.82) is 0 Å². The Kier molecular flexibility index (Phi) is 7.77. The number of rotatable bonds is 2. The van der Waals surface area contributed by atoms with E-state index >= 15 is 0 Å². The van der Waals surface area contributed by atoms with Crippen molar-refractivity contribution in [3.63, 3.8) is 0 Å². The fourth-order valence-corrected chi connectivity index (χ4v) is 2.31. The number of piperidine rings is 2. The number of hydrogen-bond acceptors (Lipinski definition) is 4. The number of nitrogens with one attached hydrogen (secondary N) is 1. The fraction of sp³-hybridized carbons (Fsp3) is 1.00. The van der Waals surface area contributed by atoms with E-state index < -0.39 is 0 Å². The quantitative estimate of drug-likeness (QED) is 0.654. The molecule has 0 unspecified atom stereocenters. The molecule has 102 valence electrons. The van der Waals surface area contributed by atoms with Crippen molar-refractivity contribution in [3.05, 3.63) is 0 Å². The van der Waals surface area contributed by atoms with E-state index in [4.69, 9.17) is 10.2 Å². The van der Waals surface area contributed by atoms with E-state index in [9.17, 15) is 0 Å². The smallest absolute Gasteiger partial charge is 0.0460 e. The fourth-order valence-electron chi connectivity index (χ4n) is 2.31. The third-order valence-electron chi connectivity index (χ3n) is 3.81. The summed E-state index contributed by atoms with van der Waals surface area (Å²) in [6.45, 7) is 5.25. The molecule has 2 fully saturated rings. The molecule has 4 heteroatoms. The second kappa shape index (κ2) is 8.86. The maximum absolute atomic E-state index is 8.76. The second-order valence-corrected chi connectivity index (χ2v) is 5.31. The van der Waals surface area contributed by atoms with Gasteiger partial charge < -0.3 is 20.4 Å². The molecule has 0 radical (unpaired) electrons. The average molecular weight is 244 g/mol. The Hall–Kier alpha value is -0.160. The number of nitrogens with zero attached hydrogens (tertiary/aromatic N) is 1. The van der Waals surface area contributed by atoms with Crippen molar-refractivity contribution in [2.24, 2.45) is 11.8 Å². The molecular weight excluding hydrogens is 216 g/mol. The van der Waals surface area contributed by atoms with Crippen molar-refractivity contribution >= 4 is 0 Å². The van der Waals surface area contributed by atoms with Gasteiger partial charge in [-0.2, -0.15) is 0 Å². The van der Waals surface area contributed by atoms with Gasteiger partial charge in [-0.1, -0.05) is 0 Å². The normalized spacial score (nSPS) is 24.2. The van der Waals surface area contributed by atoms with Gasteiger partial charge in [-0.15, -0.1) is 0 Å². The summed E-state index contributed by atoms with van der Waals surface area (Å²) < 4.78 is 0. The van der Waals surface area contributed by atoms with Gasteiger partial charge in [0.2, 0.25) is 0 Å². The average Bonchev–Trinajstić information content (AvgIpc) is 2.41. The largest absolute Gasteiger partial charge is 0.396 e. The summed E-state index contributed by atoms with van der Waals surface area (Å²) in [7, 11) is 2.13. The highest BCUT2D eigenvalue weighted by Gasteiger charge is 2.14. The third-order valence-corrected chi connectivity index (χ3v) is 3.81. The lowest BCUT2D eigenvalue weighted by Gasteiger charge is -2.27. The van der Waals surface area contributed by atoms with Crippen LogP contribution in [0.2, 0.25) is 0 Å². The molecule has 0 spiro atoms. The molecule has 4 nitrogen and oxygen atoms in total. The highest BCUT2D eigenvalue weighted by molar-refractivity contribution is 4.68. The van der Waals surface area contributed by atoms with Crippen LogP contribution in [0.5, 0.6) is 0 Å². The minimum Gasteiger partial charge on any atom is -0.396 e. The number of likely N-dealkylation sites (tertiary alicyclic amines) is 1. The van der Waals surface area contributed by atoms with Crippen molar-refractivity contribution in [2.75, 3.05) is 46.4 Å². The van der Waals surface area contributed by atoms with E-state index in [0.717, 1.165) is 39.0 Å². The van der Waals surface area contributed by atoms with Gasteiger partial charge >= 0.3 is 0 Å². The van der Waals surface area contributed by atoms with E-state index in [0.29, 0.717) is 25.0 Å². The van der Waals surface area contributed by atoms with E-state index in [1.165, 1.54) is 12.8 Å². The van der Waals surface area contributed by atoms with Crippen LogP contribution in [-0.4, -0.2) is 61.6 Å². The van der Waals surface area contributed by atoms with Gasteiger partial charge in [0.1, 0.15) is 0 Å². The van der Waals surface area contributed by atoms with Gasteiger partial charge in [-0.3, -0.25) is 0 Å².